The number of fused-ring (bicyclic) bond motifs is 1. The average molecular weight is 413 g/mol. The van der Waals surface area contributed by atoms with Crippen LogP contribution in [0.2, 0.25) is 0 Å². The van der Waals surface area contributed by atoms with E-state index in [1.165, 1.54) is 6.20 Å². The maximum Gasteiger partial charge on any atom is 0.261 e. The summed E-state index contributed by atoms with van der Waals surface area (Å²) < 4.78 is 0. The van der Waals surface area contributed by atoms with E-state index in [0.717, 1.165) is 10.6 Å². The molecule has 0 fully saturated rings. The van der Waals surface area contributed by atoms with Gasteiger partial charge >= 0.3 is 0 Å². The number of hydrogen-bond acceptors (Lipinski definition) is 6. The lowest BCUT2D eigenvalue weighted by Gasteiger charge is -2.23. The molecule has 0 spiro atoms. The van der Waals surface area contributed by atoms with Crippen LogP contribution in [0.3, 0.4) is 0 Å². The lowest BCUT2D eigenvalue weighted by atomic mass is 10.1. The maximum atomic E-state index is 12.7. The second-order valence-electron chi connectivity index (χ2n) is 6.38. The summed E-state index contributed by atoms with van der Waals surface area (Å²) in [7, 11) is 0. The first-order chi connectivity index (χ1) is 14.1. The lowest BCUT2D eigenvalue weighted by Crippen LogP contribution is -2.29. The minimum atomic E-state index is -0.489. The first-order valence-electron chi connectivity index (χ1n) is 9.15. The average Bonchev–Trinajstić information content (AvgIpc) is 2.74. The van der Waals surface area contributed by atoms with E-state index >= 15 is 0 Å². The van der Waals surface area contributed by atoms with Crippen LogP contribution in [0, 0.1) is 0 Å². The Morgan fingerprint density at radius 3 is 2.41 bits per heavy atom. The van der Waals surface area contributed by atoms with Crippen molar-refractivity contribution in [2.24, 2.45) is 0 Å². The number of benzene rings is 2. The topological polar surface area (TPSA) is 106 Å². The van der Waals surface area contributed by atoms with Crippen molar-refractivity contribution in [1.29, 1.82) is 0 Å². The highest BCUT2D eigenvalue weighted by molar-refractivity contribution is 7.98. The Kier molecular flexibility index (Phi) is 6.92. The standard InChI is InChI=1S/C21H23N3O4S/c1-29-16-6-7-17-19(12-16)22-13-18(20(17)27)21(28)23-14-2-4-15(5-3-14)24(8-10-25)9-11-26/h2-7,12-13,25-26H,8-11H2,1H3,(H,22,27)(H,23,28). The molecule has 8 heteroatoms. The number of aromatic amines is 1. The van der Waals surface area contributed by atoms with Crippen molar-refractivity contribution in [3.05, 3.63) is 64.4 Å². The zero-order valence-electron chi connectivity index (χ0n) is 16.0. The molecule has 2 aromatic carbocycles. The van der Waals surface area contributed by atoms with Crippen LogP contribution in [-0.4, -0.2) is 53.7 Å². The van der Waals surface area contributed by atoms with Crippen LogP contribution in [0.5, 0.6) is 0 Å². The molecule has 1 aromatic heterocycles. The molecule has 7 nitrogen and oxygen atoms in total. The van der Waals surface area contributed by atoms with E-state index in [2.05, 4.69) is 10.3 Å². The quantitative estimate of drug-likeness (QED) is 0.422. The van der Waals surface area contributed by atoms with Gasteiger partial charge in [0.25, 0.3) is 5.91 Å². The number of H-pyrrole nitrogens is 1. The van der Waals surface area contributed by atoms with Crippen LogP contribution in [0.15, 0.2) is 58.4 Å². The molecule has 3 aromatic rings. The number of carbonyl (C=O) groups excluding carboxylic acids is 1. The van der Waals surface area contributed by atoms with Crippen LogP contribution in [0.1, 0.15) is 10.4 Å². The molecule has 152 valence electrons. The molecular formula is C21H23N3O4S. The molecule has 0 bridgehead atoms. The van der Waals surface area contributed by atoms with Crippen molar-refractivity contribution in [1.82, 2.24) is 4.98 Å². The highest BCUT2D eigenvalue weighted by Gasteiger charge is 2.14. The molecule has 3 rings (SSSR count). The van der Waals surface area contributed by atoms with E-state index in [4.69, 9.17) is 10.2 Å². The molecule has 0 aliphatic heterocycles. The number of nitrogens with zero attached hydrogens (tertiary/aromatic N) is 1. The summed E-state index contributed by atoms with van der Waals surface area (Å²) in [6.07, 6.45) is 3.39. The number of carbonyl (C=O) groups is 1. The van der Waals surface area contributed by atoms with Gasteiger partial charge in [-0.2, -0.15) is 0 Å². The number of pyridine rings is 1. The predicted octanol–water partition coefficient (Wildman–Crippen LogP) is 2.29. The summed E-state index contributed by atoms with van der Waals surface area (Å²) in [6, 6.07) is 12.5. The zero-order chi connectivity index (χ0) is 20.8. The van der Waals surface area contributed by atoms with E-state index in [0.29, 0.717) is 29.7 Å². The number of amides is 1. The van der Waals surface area contributed by atoms with Crippen molar-refractivity contribution in [2.45, 2.75) is 4.90 Å². The largest absolute Gasteiger partial charge is 0.395 e. The lowest BCUT2D eigenvalue weighted by molar-refractivity contribution is 0.102. The van der Waals surface area contributed by atoms with Gasteiger partial charge in [-0.25, -0.2) is 0 Å². The Labute approximate surface area is 172 Å². The minimum Gasteiger partial charge on any atom is -0.395 e. The van der Waals surface area contributed by atoms with Gasteiger partial charge in [0.2, 0.25) is 5.43 Å². The van der Waals surface area contributed by atoms with Gasteiger partial charge in [0.05, 0.1) is 18.7 Å². The molecule has 1 amide bonds. The molecule has 4 N–H and O–H groups in total. The van der Waals surface area contributed by atoms with Crippen LogP contribution >= 0.6 is 11.8 Å². The summed E-state index contributed by atoms with van der Waals surface area (Å²) in [5.41, 5.74) is 1.78. The van der Waals surface area contributed by atoms with Gasteiger partial charge in [-0.3, -0.25) is 9.59 Å². The first-order valence-corrected chi connectivity index (χ1v) is 10.4. The van der Waals surface area contributed by atoms with Gasteiger partial charge in [-0.1, -0.05) is 0 Å². The number of rotatable bonds is 8. The number of nitrogens with one attached hydrogen (secondary N) is 2. The molecule has 29 heavy (non-hydrogen) atoms. The van der Waals surface area contributed by atoms with E-state index < -0.39 is 5.91 Å². The van der Waals surface area contributed by atoms with E-state index in [1.807, 2.05) is 23.3 Å². The Bertz CT molecular complexity index is 1040. The number of aliphatic hydroxyl groups excluding tert-OH is 2. The second-order valence-corrected chi connectivity index (χ2v) is 7.26. The van der Waals surface area contributed by atoms with E-state index in [-0.39, 0.29) is 24.2 Å². The fourth-order valence-electron chi connectivity index (χ4n) is 3.06. The number of hydrogen-bond donors (Lipinski definition) is 4. The monoisotopic (exact) mass is 413 g/mol. The van der Waals surface area contributed by atoms with E-state index in [1.54, 1.807) is 42.1 Å². The van der Waals surface area contributed by atoms with Crippen LogP contribution in [0.25, 0.3) is 10.9 Å². The molecule has 0 aliphatic rings. The third-order valence-corrected chi connectivity index (χ3v) is 5.29. The van der Waals surface area contributed by atoms with Crippen molar-refractivity contribution in [3.63, 3.8) is 0 Å². The van der Waals surface area contributed by atoms with Crippen LogP contribution in [0.4, 0.5) is 11.4 Å². The first kappa shape index (κ1) is 20.9. The van der Waals surface area contributed by atoms with Crippen molar-refractivity contribution >= 4 is 39.9 Å². The zero-order valence-corrected chi connectivity index (χ0v) is 16.8. The molecule has 0 aliphatic carbocycles. The number of aromatic nitrogens is 1. The highest BCUT2D eigenvalue weighted by atomic mass is 32.2. The normalized spacial score (nSPS) is 10.9. The minimum absolute atomic E-state index is 0.0261. The van der Waals surface area contributed by atoms with Crippen molar-refractivity contribution in [3.8, 4) is 0 Å². The highest BCUT2D eigenvalue weighted by Crippen LogP contribution is 2.20. The third kappa shape index (κ3) is 4.79. The fourth-order valence-corrected chi connectivity index (χ4v) is 3.50. The molecule has 0 unspecified atom stereocenters. The van der Waals surface area contributed by atoms with Crippen molar-refractivity contribution < 1.29 is 15.0 Å². The second kappa shape index (κ2) is 9.60. The Balaban J connectivity index is 1.79. The summed E-state index contributed by atoms with van der Waals surface area (Å²) in [4.78, 5) is 31.2. The molecule has 1 heterocycles. The van der Waals surface area contributed by atoms with Crippen molar-refractivity contribution in [2.75, 3.05) is 42.8 Å². The van der Waals surface area contributed by atoms with Gasteiger partial charge in [0, 0.05) is 40.9 Å². The SMILES string of the molecule is CSc1ccc2c(=O)c(C(=O)Nc3ccc(N(CCO)CCO)cc3)c[nH]c2c1. The van der Waals surface area contributed by atoms with Crippen LogP contribution < -0.4 is 15.6 Å². The van der Waals surface area contributed by atoms with Gasteiger partial charge in [0.15, 0.2) is 0 Å². The number of thioether (sulfide) groups is 1. The summed E-state index contributed by atoms with van der Waals surface area (Å²) in [6.45, 7) is 0.747. The third-order valence-electron chi connectivity index (χ3n) is 4.56. The Hall–Kier alpha value is -2.81. The van der Waals surface area contributed by atoms with Gasteiger partial charge < -0.3 is 25.4 Å². The summed E-state index contributed by atoms with van der Waals surface area (Å²) in [5.74, 6) is -0.489. The molecule has 0 atom stereocenters. The summed E-state index contributed by atoms with van der Waals surface area (Å²) >= 11 is 1.58. The van der Waals surface area contributed by atoms with E-state index in [9.17, 15) is 9.59 Å². The Morgan fingerprint density at radius 2 is 1.79 bits per heavy atom. The van der Waals surface area contributed by atoms with Crippen LogP contribution in [-0.2, 0) is 0 Å². The molecular weight excluding hydrogens is 390 g/mol. The molecule has 0 radical (unpaired) electrons. The molecule has 0 saturated heterocycles. The Morgan fingerprint density at radius 1 is 1.10 bits per heavy atom. The van der Waals surface area contributed by atoms with Gasteiger partial charge in [-0.05, 0) is 48.7 Å². The smallest absolute Gasteiger partial charge is 0.261 e. The summed E-state index contributed by atoms with van der Waals surface area (Å²) in [5, 5.41) is 21.5. The predicted molar refractivity (Wildman–Crippen MR) is 117 cm³/mol. The van der Waals surface area contributed by atoms with Gasteiger partial charge in [-0.15, -0.1) is 11.8 Å². The molecule has 0 saturated carbocycles. The maximum absolute atomic E-state index is 12.7. The fraction of sp³-hybridized carbons (Fsp3) is 0.238. The number of aliphatic hydroxyl groups is 2. The van der Waals surface area contributed by atoms with Gasteiger partial charge in [0.1, 0.15) is 5.56 Å². The number of anilines is 2.